The maximum absolute atomic E-state index is 13.3. The van der Waals surface area contributed by atoms with E-state index in [1.54, 1.807) is 12.1 Å². The van der Waals surface area contributed by atoms with Gasteiger partial charge in [-0.05, 0) is 38.5 Å². The van der Waals surface area contributed by atoms with Crippen molar-refractivity contribution in [3.8, 4) is 5.75 Å². The van der Waals surface area contributed by atoms with E-state index in [1.165, 1.54) is 6.07 Å². The highest BCUT2D eigenvalue weighted by Crippen LogP contribution is 2.30. The van der Waals surface area contributed by atoms with E-state index in [2.05, 4.69) is 31.0 Å². The van der Waals surface area contributed by atoms with Crippen molar-refractivity contribution >= 4 is 0 Å². The van der Waals surface area contributed by atoms with E-state index in [-0.39, 0.29) is 17.5 Å². The van der Waals surface area contributed by atoms with Gasteiger partial charge in [-0.2, -0.15) is 0 Å². The van der Waals surface area contributed by atoms with Crippen molar-refractivity contribution < 1.29 is 9.13 Å². The molecule has 1 aromatic rings. The molecule has 0 aliphatic carbocycles. The highest BCUT2D eigenvalue weighted by atomic mass is 19.1. The number of nitrogens with one attached hydrogen (secondary N) is 1. The molecule has 116 valence electrons. The topological polar surface area (TPSA) is 24.5 Å². The minimum absolute atomic E-state index is 0.142. The molecular weight excluding hydrogens is 267 g/mol. The Bertz CT molecular complexity index is 522. The Hall–Kier alpha value is -1.13. The zero-order valence-corrected chi connectivity index (χ0v) is 13.2. The number of halogens is 1. The number of rotatable bonds is 3. The molecule has 3 nitrogen and oxygen atoms in total. The summed E-state index contributed by atoms with van der Waals surface area (Å²) < 4.78 is 19.3. The molecule has 0 saturated carbocycles. The van der Waals surface area contributed by atoms with E-state index in [1.807, 2.05) is 0 Å². The summed E-state index contributed by atoms with van der Waals surface area (Å²) in [6.45, 7) is 9.73. The molecule has 1 aromatic carbocycles. The number of hydrogen-bond donors (Lipinski definition) is 1. The lowest BCUT2D eigenvalue weighted by Gasteiger charge is -2.45. The second-order valence-corrected chi connectivity index (χ2v) is 6.77. The van der Waals surface area contributed by atoms with Gasteiger partial charge in [0.05, 0.1) is 0 Å². The van der Waals surface area contributed by atoms with Crippen molar-refractivity contribution in [1.29, 1.82) is 0 Å². The first-order valence-electron chi connectivity index (χ1n) is 7.93. The maximum atomic E-state index is 13.3. The van der Waals surface area contributed by atoms with E-state index in [0.717, 1.165) is 43.8 Å². The van der Waals surface area contributed by atoms with Gasteiger partial charge in [0.15, 0.2) is 0 Å². The van der Waals surface area contributed by atoms with Crippen LogP contribution < -0.4 is 10.1 Å². The Labute approximate surface area is 126 Å². The monoisotopic (exact) mass is 292 g/mol. The molecule has 3 unspecified atom stereocenters. The summed E-state index contributed by atoms with van der Waals surface area (Å²) in [5.41, 5.74) is 1.19. The summed E-state index contributed by atoms with van der Waals surface area (Å²) in [5.74, 6) is 0.675. The summed E-state index contributed by atoms with van der Waals surface area (Å²) in [7, 11) is 0. The lowest BCUT2D eigenvalue weighted by atomic mass is 9.93. The predicted molar refractivity (Wildman–Crippen MR) is 82.3 cm³/mol. The first kappa shape index (κ1) is 14.8. The van der Waals surface area contributed by atoms with Gasteiger partial charge in [0.25, 0.3) is 0 Å². The number of benzene rings is 1. The van der Waals surface area contributed by atoms with Crippen LogP contribution in [-0.2, 0) is 6.42 Å². The van der Waals surface area contributed by atoms with Gasteiger partial charge in [-0.25, -0.2) is 4.39 Å². The highest BCUT2D eigenvalue weighted by Gasteiger charge is 2.35. The molecule has 0 bridgehead atoms. The fraction of sp³-hybridized carbons (Fsp3) is 0.647. The first-order valence-corrected chi connectivity index (χ1v) is 7.93. The fourth-order valence-electron chi connectivity index (χ4n) is 3.32. The zero-order chi connectivity index (χ0) is 15.0. The highest BCUT2D eigenvalue weighted by molar-refractivity contribution is 5.38. The smallest absolute Gasteiger partial charge is 0.123 e. The Kier molecular flexibility index (Phi) is 3.93. The molecule has 1 N–H and O–H groups in total. The fourth-order valence-corrected chi connectivity index (χ4v) is 3.32. The van der Waals surface area contributed by atoms with Crippen LogP contribution in [0.25, 0.3) is 0 Å². The Morgan fingerprint density at radius 2 is 2.29 bits per heavy atom. The number of hydrogen-bond acceptors (Lipinski definition) is 3. The van der Waals surface area contributed by atoms with Crippen LogP contribution in [0.3, 0.4) is 0 Å². The lowest BCUT2D eigenvalue weighted by molar-refractivity contribution is 0.0577. The Balaban J connectivity index is 1.65. The van der Waals surface area contributed by atoms with Crippen molar-refractivity contribution in [2.75, 3.05) is 19.6 Å². The van der Waals surface area contributed by atoms with E-state index < -0.39 is 0 Å². The van der Waals surface area contributed by atoms with Crippen LogP contribution in [0.4, 0.5) is 4.39 Å². The third-order valence-electron chi connectivity index (χ3n) is 4.98. The van der Waals surface area contributed by atoms with Gasteiger partial charge < -0.3 is 10.1 Å². The quantitative estimate of drug-likeness (QED) is 0.927. The molecule has 0 spiro atoms. The van der Waals surface area contributed by atoms with E-state index >= 15 is 0 Å². The average molecular weight is 292 g/mol. The van der Waals surface area contributed by atoms with Gasteiger partial charge >= 0.3 is 0 Å². The van der Waals surface area contributed by atoms with Crippen LogP contribution in [0.15, 0.2) is 18.2 Å². The molecule has 1 fully saturated rings. The van der Waals surface area contributed by atoms with Gasteiger partial charge in [-0.3, -0.25) is 4.90 Å². The van der Waals surface area contributed by atoms with Crippen LogP contribution >= 0.6 is 0 Å². The van der Waals surface area contributed by atoms with Crippen LogP contribution in [0.2, 0.25) is 0 Å². The molecule has 4 heteroatoms. The second kappa shape index (κ2) is 5.58. The molecule has 0 radical (unpaired) electrons. The molecule has 3 rings (SSSR count). The van der Waals surface area contributed by atoms with Crippen molar-refractivity contribution in [1.82, 2.24) is 10.2 Å². The van der Waals surface area contributed by atoms with Gasteiger partial charge in [-0.1, -0.05) is 6.92 Å². The number of fused-ring (bicyclic) bond motifs is 1. The van der Waals surface area contributed by atoms with Crippen LogP contribution in [0, 0.1) is 5.82 Å². The third kappa shape index (κ3) is 3.06. The molecule has 3 atom stereocenters. The SMILES string of the molecule is CCC1(C)CN(CC2Cc3cc(F)ccc3O2)C(C)CN1. The lowest BCUT2D eigenvalue weighted by Crippen LogP contribution is -2.63. The van der Waals surface area contributed by atoms with Gasteiger partial charge in [0.2, 0.25) is 0 Å². The first-order chi connectivity index (χ1) is 9.99. The largest absolute Gasteiger partial charge is 0.488 e. The van der Waals surface area contributed by atoms with Gasteiger partial charge in [0, 0.05) is 43.2 Å². The Morgan fingerprint density at radius 3 is 3.05 bits per heavy atom. The van der Waals surface area contributed by atoms with Crippen LogP contribution in [0.1, 0.15) is 32.8 Å². The molecular formula is C17H25FN2O. The summed E-state index contributed by atoms with van der Waals surface area (Å²) in [5, 5.41) is 3.64. The van der Waals surface area contributed by atoms with Crippen molar-refractivity contribution in [3.05, 3.63) is 29.6 Å². The van der Waals surface area contributed by atoms with Crippen LogP contribution in [0.5, 0.6) is 5.75 Å². The van der Waals surface area contributed by atoms with E-state index in [0.29, 0.717) is 6.04 Å². The summed E-state index contributed by atoms with van der Waals surface area (Å²) >= 11 is 0. The third-order valence-corrected chi connectivity index (χ3v) is 4.98. The van der Waals surface area contributed by atoms with Gasteiger partial charge in [0.1, 0.15) is 17.7 Å². The van der Waals surface area contributed by atoms with E-state index in [4.69, 9.17) is 4.74 Å². The zero-order valence-electron chi connectivity index (χ0n) is 13.2. The predicted octanol–water partition coefficient (Wildman–Crippen LogP) is 2.59. The molecule has 0 amide bonds. The number of piperazine rings is 1. The summed E-state index contributed by atoms with van der Waals surface area (Å²) in [6, 6.07) is 5.34. The van der Waals surface area contributed by atoms with Crippen LogP contribution in [-0.4, -0.2) is 42.2 Å². The average Bonchev–Trinajstić information content (AvgIpc) is 2.84. The molecule has 2 heterocycles. The summed E-state index contributed by atoms with van der Waals surface area (Å²) in [6.07, 6.45) is 2.07. The van der Waals surface area contributed by atoms with E-state index in [9.17, 15) is 4.39 Å². The van der Waals surface area contributed by atoms with Crippen molar-refractivity contribution in [2.24, 2.45) is 0 Å². The normalized spacial score (nSPS) is 32.8. The molecule has 0 aromatic heterocycles. The van der Waals surface area contributed by atoms with Crippen molar-refractivity contribution in [2.45, 2.75) is 51.3 Å². The minimum Gasteiger partial charge on any atom is -0.488 e. The van der Waals surface area contributed by atoms with Gasteiger partial charge in [-0.15, -0.1) is 0 Å². The molecule has 1 saturated heterocycles. The number of ether oxygens (including phenoxy) is 1. The standard InChI is InChI=1S/C17H25FN2O/c1-4-17(3)11-20(12(2)9-19-17)10-15-8-13-7-14(18)5-6-16(13)21-15/h5-7,12,15,19H,4,8-11H2,1-3H3. The second-order valence-electron chi connectivity index (χ2n) is 6.77. The molecule has 2 aliphatic rings. The minimum atomic E-state index is -0.174. The van der Waals surface area contributed by atoms with Crippen molar-refractivity contribution in [3.63, 3.8) is 0 Å². The molecule has 21 heavy (non-hydrogen) atoms. The maximum Gasteiger partial charge on any atom is 0.123 e. The summed E-state index contributed by atoms with van der Waals surface area (Å²) in [4.78, 5) is 2.51. The number of nitrogens with zero attached hydrogens (tertiary/aromatic N) is 1. The Morgan fingerprint density at radius 1 is 1.48 bits per heavy atom. The molecule has 2 aliphatic heterocycles.